The summed E-state index contributed by atoms with van der Waals surface area (Å²) >= 11 is 3.15. The maximum atomic E-state index is 11.8. The lowest BCUT2D eigenvalue weighted by atomic mass is 10.2. The van der Waals surface area contributed by atoms with E-state index in [0.29, 0.717) is 15.9 Å². The Labute approximate surface area is 112 Å². The fourth-order valence-electron chi connectivity index (χ4n) is 1.38. The third-order valence-electron chi connectivity index (χ3n) is 2.26. The zero-order valence-corrected chi connectivity index (χ0v) is 11.2. The van der Waals surface area contributed by atoms with Gasteiger partial charge in [-0.05, 0) is 34.1 Å². The highest BCUT2D eigenvalue weighted by atomic mass is 79.9. The molecule has 0 radical (unpaired) electrons. The van der Waals surface area contributed by atoms with Gasteiger partial charge in [0, 0.05) is 12.6 Å². The molecule has 1 amide bonds. The molecule has 0 unspecified atom stereocenters. The van der Waals surface area contributed by atoms with E-state index in [2.05, 4.69) is 31.3 Å². The van der Waals surface area contributed by atoms with E-state index in [1.54, 1.807) is 30.2 Å². The Morgan fingerprint density at radius 3 is 2.94 bits per heavy atom. The summed E-state index contributed by atoms with van der Waals surface area (Å²) in [5.74, 6) is 0.274. The van der Waals surface area contributed by atoms with Crippen molar-refractivity contribution in [2.75, 3.05) is 0 Å². The largest absolute Gasteiger partial charge is 0.507 e. The number of carbonyl (C=O) groups excluding carboxylic acids is 1. The Morgan fingerprint density at radius 2 is 2.33 bits per heavy atom. The van der Waals surface area contributed by atoms with Crippen molar-refractivity contribution in [3.05, 3.63) is 40.4 Å². The predicted molar refractivity (Wildman–Crippen MR) is 68.0 cm³/mol. The maximum absolute atomic E-state index is 11.8. The molecule has 1 aromatic heterocycles. The van der Waals surface area contributed by atoms with Crippen LogP contribution < -0.4 is 5.32 Å². The van der Waals surface area contributed by atoms with Crippen LogP contribution >= 0.6 is 15.9 Å². The number of nitrogens with one attached hydrogen (secondary N) is 1. The first-order chi connectivity index (χ1) is 8.56. The second-order valence-corrected chi connectivity index (χ2v) is 4.54. The summed E-state index contributed by atoms with van der Waals surface area (Å²) in [5, 5.41) is 16.2. The molecule has 2 aromatic rings. The van der Waals surface area contributed by atoms with E-state index in [0.717, 1.165) is 0 Å². The van der Waals surface area contributed by atoms with Gasteiger partial charge in [-0.25, -0.2) is 4.98 Å². The van der Waals surface area contributed by atoms with Gasteiger partial charge in [-0.1, -0.05) is 0 Å². The smallest absolute Gasteiger partial charge is 0.251 e. The normalized spacial score (nSPS) is 10.3. The van der Waals surface area contributed by atoms with Gasteiger partial charge in [0.1, 0.15) is 12.1 Å². The lowest BCUT2D eigenvalue weighted by Crippen LogP contribution is -2.23. The van der Waals surface area contributed by atoms with Crippen molar-refractivity contribution in [1.29, 1.82) is 0 Å². The molecule has 0 spiro atoms. The third-order valence-corrected chi connectivity index (χ3v) is 2.93. The number of benzene rings is 1. The number of aryl methyl sites for hydroxylation is 1. The molecule has 6 nitrogen and oxygen atoms in total. The number of phenols is 1. The summed E-state index contributed by atoms with van der Waals surface area (Å²) < 4.78 is 2.11. The quantitative estimate of drug-likeness (QED) is 0.893. The van der Waals surface area contributed by atoms with E-state index < -0.39 is 0 Å². The van der Waals surface area contributed by atoms with Gasteiger partial charge in [0.25, 0.3) is 5.91 Å². The predicted octanol–water partition coefficient (Wildman–Crippen LogP) is 1.21. The summed E-state index contributed by atoms with van der Waals surface area (Å²) in [6, 6.07) is 4.62. The highest BCUT2D eigenvalue weighted by molar-refractivity contribution is 9.10. The van der Waals surface area contributed by atoms with E-state index in [1.807, 2.05) is 0 Å². The van der Waals surface area contributed by atoms with Crippen LogP contribution in [0.3, 0.4) is 0 Å². The number of hydrogen-bond acceptors (Lipinski definition) is 4. The van der Waals surface area contributed by atoms with E-state index in [1.165, 1.54) is 6.07 Å². The monoisotopic (exact) mass is 310 g/mol. The van der Waals surface area contributed by atoms with E-state index in [4.69, 9.17) is 0 Å². The van der Waals surface area contributed by atoms with Gasteiger partial charge >= 0.3 is 0 Å². The van der Waals surface area contributed by atoms with E-state index >= 15 is 0 Å². The number of hydrogen-bond donors (Lipinski definition) is 2. The number of rotatable bonds is 3. The molecule has 1 aromatic carbocycles. The first-order valence-corrected chi connectivity index (χ1v) is 5.97. The van der Waals surface area contributed by atoms with Gasteiger partial charge < -0.3 is 10.4 Å². The minimum absolute atomic E-state index is 0.0265. The molecule has 0 fully saturated rings. The molecule has 1 heterocycles. The summed E-state index contributed by atoms with van der Waals surface area (Å²) in [5.41, 5.74) is 0.381. The van der Waals surface area contributed by atoms with Crippen molar-refractivity contribution in [3.8, 4) is 5.75 Å². The number of halogens is 1. The highest BCUT2D eigenvalue weighted by Crippen LogP contribution is 2.24. The Kier molecular flexibility index (Phi) is 3.61. The van der Waals surface area contributed by atoms with Crippen LogP contribution in [0.4, 0.5) is 0 Å². The molecule has 2 rings (SSSR count). The average Bonchev–Trinajstić information content (AvgIpc) is 2.75. The van der Waals surface area contributed by atoms with Gasteiger partial charge in [0.05, 0.1) is 11.0 Å². The van der Waals surface area contributed by atoms with Crippen LogP contribution in [0.15, 0.2) is 29.0 Å². The van der Waals surface area contributed by atoms with Crippen LogP contribution in [0.1, 0.15) is 16.2 Å². The lowest BCUT2D eigenvalue weighted by Gasteiger charge is -2.04. The first kappa shape index (κ1) is 12.6. The summed E-state index contributed by atoms with van der Waals surface area (Å²) in [7, 11) is 1.76. The Morgan fingerprint density at radius 1 is 1.56 bits per heavy atom. The number of aromatic nitrogens is 3. The molecular formula is C11H11BrN4O2. The molecule has 0 aliphatic heterocycles. The molecule has 0 atom stereocenters. The molecule has 0 aliphatic rings. The van der Waals surface area contributed by atoms with Crippen LogP contribution in [0.25, 0.3) is 0 Å². The van der Waals surface area contributed by atoms with Gasteiger partial charge in [-0.15, -0.1) is 0 Å². The second kappa shape index (κ2) is 5.18. The maximum Gasteiger partial charge on any atom is 0.251 e. The van der Waals surface area contributed by atoms with Crippen molar-refractivity contribution in [3.63, 3.8) is 0 Å². The number of aromatic hydroxyl groups is 1. The molecule has 2 N–H and O–H groups in total. The Bertz CT molecular complexity index is 582. The Balaban J connectivity index is 2.01. The average molecular weight is 311 g/mol. The molecule has 94 valence electrons. The standard InChI is InChI=1S/C11H11BrN4O2/c1-16-6-14-10(15-16)5-13-11(18)7-2-3-8(12)9(17)4-7/h2-4,6,17H,5H2,1H3,(H,13,18). The number of amides is 1. The molecule has 0 saturated heterocycles. The van der Waals surface area contributed by atoms with E-state index in [9.17, 15) is 9.90 Å². The van der Waals surface area contributed by atoms with Crippen molar-refractivity contribution in [2.45, 2.75) is 6.54 Å². The number of nitrogens with zero attached hydrogens (tertiary/aromatic N) is 3. The SMILES string of the molecule is Cn1cnc(CNC(=O)c2ccc(Br)c(O)c2)n1. The van der Waals surface area contributed by atoms with Crippen LogP contribution in [-0.2, 0) is 13.6 Å². The summed E-state index contributed by atoms with van der Waals surface area (Å²) in [6.45, 7) is 0.247. The van der Waals surface area contributed by atoms with Crippen molar-refractivity contribution in [1.82, 2.24) is 20.1 Å². The fourth-order valence-corrected chi connectivity index (χ4v) is 1.63. The molecule has 0 saturated carbocycles. The zero-order chi connectivity index (χ0) is 13.1. The van der Waals surface area contributed by atoms with Crippen molar-refractivity contribution < 1.29 is 9.90 Å². The van der Waals surface area contributed by atoms with E-state index in [-0.39, 0.29) is 18.2 Å². The Hall–Kier alpha value is -1.89. The fraction of sp³-hybridized carbons (Fsp3) is 0.182. The van der Waals surface area contributed by atoms with Crippen LogP contribution in [0.5, 0.6) is 5.75 Å². The van der Waals surface area contributed by atoms with Crippen LogP contribution in [0.2, 0.25) is 0 Å². The molecule has 0 aliphatic carbocycles. The first-order valence-electron chi connectivity index (χ1n) is 5.17. The van der Waals surface area contributed by atoms with Crippen LogP contribution in [0, 0.1) is 0 Å². The van der Waals surface area contributed by atoms with Gasteiger partial charge in [0.2, 0.25) is 0 Å². The topological polar surface area (TPSA) is 80.0 Å². The van der Waals surface area contributed by atoms with Crippen molar-refractivity contribution in [2.24, 2.45) is 7.05 Å². The minimum Gasteiger partial charge on any atom is -0.507 e. The summed E-state index contributed by atoms with van der Waals surface area (Å²) in [4.78, 5) is 15.8. The number of carbonyl (C=O) groups is 1. The minimum atomic E-state index is -0.287. The molecule has 18 heavy (non-hydrogen) atoms. The van der Waals surface area contributed by atoms with Gasteiger partial charge in [0.15, 0.2) is 5.82 Å². The van der Waals surface area contributed by atoms with Crippen LogP contribution in [-0.4, -0.2) is 25.8 Å². The number of phenolic OH excluding ortho intramolecular Hbond substituents is 1. The molecule has 7 heteroatoms. The van der Waals surface area contributed by atoms with Gasteiger partial charge in [-0.2, -0.15) is 5.10 Å². The second-order valence-electron chi connectivity index (χ2n) is 3.68. The van der Waals surface area contributed by atoms with Crippen molar-refractivity contribution >= 4 is 21.8 Å². The zero-order valence-electron chi connectivity index (χ0n) is 9.59. The third kappa shape index (κ3) is 2.86. The summed E-state index contributed by atoms with van der Waals surface area (Å²) in [6.07, 6.45) is 1.56. The highest BCUT2D eigenvalue weighted by Gasteiger charge is 2.09. The molecular weight excluding hydrogens is 300 g/mol. The molecule has 0 bridgehead atoms. The lowest BCUT2D eigenvalue weighted by molar-refractivity contribution is 0.0949. The van der Waals surface area contributed by atoms with Gasteiger partial charge in [-0.3, -0.25) is 9.48 Å².